The van der Waals surface area contributed by atoms with Crippen LogP contribution in [-0.4, -0.2) is 18.2 Å². The van der Waals surface area contributed by atoms with Gasteiger partial charge in [0.25, 0.3) is 0 Å². The fourth-order valence-corrected chi connectivity index (χ4v) is 2.52. The monoisotopic (exact) mass is 270 g/mol. The molecule has 0 spiro atoms. The Kier molecular flexibility index (Phi) is 4.77. The molecule has 4 heteroatoms. The molecule has 0 fully saturated rings. The second kappa shape index (κ2) is 5.72. The first-order valence-electron chi connectivity index (χ1n) is 5.90. The van der Waals surface area contributed by atoms with Crippen LogP contribution in [0, 0.1) is 20.8 Å². The van der Waals surface area contributed by atoms with Crippen molar-refractivity contribution in [1.29, 1.82) is 0 Å². The molecule has 0 saturated carbocycles. The molecule has 1 atom stereocenters. The number of halogens is 1. The number of esters is 1. The molecule has 0 aliphatic heterocycles. The van der Waals surface area contributed by atoms with Crippen molar-refractivity contribution in [3.05, 3.63) is 32.8 Å². The van der Waals surface area contributed by atoms with E-state index in [-0.39, 0.29) is 0 Å². The quantitative estimate of drug-likeness (QED) is 0.859. The van der Waals surface area contributed by atoms with E-state index in [4.69, 9.17) is 11.6 Å². The molecule has 0 heterocycles. The number of aliphatic hydroxyl groups excluding tert-OH is 1. The molecule has 0 aromatic heterocycles. The molecule has 0 aliphatic rings. The highest BCUT2D eigenvalue weighted by atomic mass is 35.5. The van der Waals surface area contributed by atoms with Crippen LogP contribution in [0.5, 0.6) is 0 Å². The lowest BCUT2D eigenvalue weighted by molar-refractivity contribution is -0.150. The number of aliphatic hydroxyl groups is 1. The van der Waals surface area contributed by atoms with E-state index in [2.05, 4.69) is 4.74 Å². The van der Waals surface area contributed by atoms with Gasteiger partial charge in [0, 0.05) is 5.02 Å². The Morgan fingerprint density at radius 2 is 1.83 bits per heavy atom. The van der Waals surface area contributed by atoms with Crippen LogP contribution in [0.4, 0.5) is 0 Å². The van der Waals surface area contributed by atoms with Gasteiger partial charge in [-0.25, -0.2) is 4.79 Å². The second-order valence-electron chi connectivity index (χ2n) is 4.36. The lowest BCUT2D eigenvalue weighted by Gasteiger charge is -2.21. The summed E-state index contributed by atoms with van der Waals surface area (Å²) in [5, 5.41) is 10.7. The van der Waals surface area contributed by atoms with Gasteiger partial charge in [-0.05, 0) is 55.0 Å². The van der Waals surface area contributed by atoms with Crippen LogP contribution in [-0.2, 0) is 16.0 Å². The lowest BCUT2D eigenvalue weighted by atomic mass is 9.89. The third-order valence-corrected chi connectivity index (χ3v) is 4.02. The number of carbonyl (C=O) groups excluding carboxylic acids is 1. The molecule has 0 bridgehead atoms. The van der Waals surface area contributed by atoms with Gasteiger partial charge in [-0.2, -0.15) is 0 Å². The second-order valence-corrected chi connectivity index (χ2v) is 4.74. The van der Waals surface area contributed by atoms with Crippen LogP contribution in [0.15, 0.2) is 0 Å². The van der Waals surface area contributed by atoms with Gasteiger partial charge >= 0.3 is 5.97 Å². The summed E-state index contributed by atoms with van der Waals surface area (Å²) in [5.41, 5.74) is 4.30. The van der Waals surface area contributed by atoms with Crippen molar-refractivity contribution in [3.8, 4) is 0 Å². The topological polar surface area (TPSA) is 46.5 Å². The maximum atomic E-state index is 11.5. The molecule has 1 rings (SSSR count). The van der Waals surface area contributed by atoms with Crippen LogP contribution in [0.1, 0.15) is 40.8 Å². The molecule has 1 aromatic carbocycles. The van der Waals surface area contributed by atoms with E-state index in [1.807, 2.05) is 27.7 Å². The van der Waals surface area contributed by atoms with Gasteiger partial charge in [-0.1, -0.05) is 18.5 Å². The van der Waals surface area contributed by atoms with E-state index in [9.17, 15) is 9.90 Å². The number of methoxy groups -OCH3 is 1. The first kappa shape index (κ1) is 15.0. The first-order valence-corrected chi connectivity index (χ1v) is 6.28. The Labute approximate surface area is 113 Å². The summed E-state index contributed by atoms with van der Waals surface area (Å²) < 4.78 is 4.60. The van der Waals surface area contributed by atoms with E-state index in [1.165, 1.54) is 7.11 Å². The van der Waals surface area contributed by atoms with Gasteiger partial charge in [0.05, 0.1) is 7.11 Å². The maximum absolute atomic E-state index is 11.5. The number of ether oxygens (including phenoxy) is 1. The summed E-state index contributed by atoms with van der Waals surface area (Å²) in [7, 11) is 1.26. The predicted molar refractivity (Wildman–Crippen MR) is 72.0 cm³/mol. The lowest BCUT2D eigenvalue weighted by Crippen LogP contribution is -2.18. The number of benzene rings is 1. The standard InChI is InChI=1S/C14H19ClO3/c1-6-10-7(2)8(3)12(15)9(4)11(10)13(16)14(17)18-5/h13,16H,6H2,1-5H3. The minimum Gasteiger partial charge on any atom is -0.467 e. The zero-order valence-corrected chi connectivity index (χ0v) is 12.2. The third kappa shape index (κ3) is 2.38. The van der Waals surface area contributed by atoms with Crippen molar-refractivity contribution in [2.75, 3.05) is 7.11 Å². The molecule has 100 valence electrons. The van der Waals surface area contributed by atoms with Crippen LogP contribution < -0.4 is 0 Å². The van der Waals surface area contributed by atoms with E-state index in [1.54, 1.807) is 0 Å². The normalized spacial score (nSPS) is 12.4. The average Bonchev–Trinajstić information content (AvgIpc) is 2.38. The highest BCUT2D eigenvalue weighted by Crippen LogP contribution is 2.34. The molecule has 0 amide bonds. The fraction of sp³-hybridized carbons (Fsp3) is 0.500. The number of rotatable bonds is 3. The van der Waals surface area contributed by atoms with Gasteiger partial charge in [0.15, 0.2) is 6.10 Å². The summed E-state index contributed by atoms with van der Waals surface area (Å²) in [5.74, 6) is -0.660. The third-order valence-electron chi connectivity index (χ3n) is 3.45. The van der Waals surface area contributed by atoms with Crippen molar-refractivity contribution < 1.29 is 14.6 Å². The van der Waals surface area contributed by atoms with E-state index in [0.29, 0.717) is 10.6 Å². The van der Waals surface area contributed by atoms with Gasteiger partial charge in [-0.3, -0.25) is 0 Å². The van der Waals surface area contributed by atoms with Crippen molar-refractivity contribution >= 4 is 17.6 Å². The van der Waals surface area contributed by atoms with Gasteiger partial charge < -0.3 is 9.84 Å². The maximum Gasteiger partial charge on any atom is 0.339 e. The minimum absolute atomic E-state index is 0.581. The molecule has 0 aliphatic carbocycles. The van der Waals surface area contributed by atoms with Crippen LogP contribution >= 0.6 is 11.6 Å². The van der Waals surface area contributed by atoms with Gasteiger partial charge in [0.1, 0.15) is 0 Å². The molecule has 3 nitrogen and oxygen atoms in total. The Hall–Kier alpha value is -1.06. The van der Waals surface area contributed by atoms with Gasteiger partial charge in [0.2, 0.25) is 0 Å². The highest BCUT2D eigenvalue weighted by molar-refractivity contribution is 6.32. The number of hydrogen-bond acceptors (Lipinski definition) is 3. The van der Waals surface area contributed by atoms with Crippen molar-refractivity contribution in [3.63, 3.8) is 0 Å². The molecular formula is C14H19ClO3. The van der Waals surface area contributed by atoms with Gasteiger partial charge in [-0.15, -0.1) is 0 Å². The van der Waals surface area contributed by atoms with Crippen molar-refractivity contribution in [2.24, 2.45) is 0 Å². The molecule has 1 aromatic rings. The predicted octanol–water partition coefficient (Wildman–Crippen LogP) is 3.03. The zero-order valence-electron chi connectivity index (χ0n) is 11.4. The smallest absolute Gasteiger partial charge is 0.339 e. The number of hydrogen-bond donors (Lipinski definition) is 1. The first-order chi connectivity index (χ1) is 8.36. The molecule has 1 unspecified atom stereocenters. The fourth-order valence-electron chi connectivity index (χ4n) is 2.27. The van der Waals surface area contributed by atoms with Crippen molar-refractivity contribution in [2.45, 2.75) is 40.2 Å². The Bertz CT molecular complexity index is 481. The van der Waals surface area contributed by atoms with Crippen LogP contribution in [0.3, 0.4) is 0 Å². The zero-order chi connectivity index (χ0) is 14.0. The molecule has 1 N–H and O–H groups in total. The molecule has 0 radical (unpaired) electrons. The molecular weight excluding hydrogens is 252 g/mol. The average molecular weight is 271 g/mol. The summed E-state index contributed by atoms with van der Waals surface area (Å²) in [6.45, 7) is 7.70. The Morgan fingerprint density at radius 1 is 1.28 bits per heavy atom. The minimum atomic E-state index is -1.28. The van der Waals surface area contributed by atoms with E-state index < -0.39 is 12.1 Å². The summed E-state index contributed by atoms with van der Waals surface area (Å²) in [6, 6.07) is 0. The van der Waals surface area contributed by atoms with Crippen LogP contribution in [0.2, 0.25) is 5.02 Å². The summed E-state index contributed by atoms with van der Waals surface area (Å²) >= 11 is 6.25. The van der Waals surface area contributed by atoms with Crippen LogP contribution in [0.25, 0.3) is 0 Å². The number of carbonyl (C=O) groups is 1. The van der Waals surface area contributed by atoms with E-state index >= 15 is 0 Å². The summed E-state index contributed by atoms with van der Waals surface area (Å²) in [6.07, 6.45) is -0.546. The molecule has 0 saturated heterocycles. The van der Waals surface area contributed by atoms with Crippen molar-refractivity contribution in [1.82, 2.24) is 0 Å². The largest absolute Gasteiger partial charge is 0.467 e. The Morgan fingerprint density at radius 3 is 2.28 bits per heavy atom. The Balaban J connectivity index is 3.56. The molecule has 18 heavy (non-hydrogen) atoms. The summed E-state index contributed by atoms with van der Waals surface area (Å²) in [4.78, 5) is 11.5. The highest BCUT2D eigenvalue weighted by Gasteiger charge is 2.26. The van der Waals surface area contributed by atoms with E-state index in [0.717, 1.165) is 28.7 Å². The SMILES string of the molecule is CCc1c(C)c(C)c(Cl)c(C)c1C(O)C(=O)OC.